The number of nitrogens with zero attached hydrogens (tertiary/aromatic N) is 3. The molecule has 0 spiro atoms. The molecule has 0 bridgehead atoms. The van der Waals surface area contributed by atoms with Gasteiger partial charge >= 0.3 is 0 Å². The highest BCUT2D eigenvalue weighted by Gasteiger charge is 2.15. The maximum atomic E-state index is 12.4. The zero-order chi connectivity index (χ0) is 26.6. The van der Waals surface area contributed by atoms with Crippen LogP contribution in [-0.2, 0) is 11.3 Å². The second kappa shape index (κ2) is 10.8. The first-order chi connectivity index (χ1) is 18.4. The molecule has 0 saturated carbocycles. The summed E-state index contributed by atoms with van der Waals surface area (Å²) in [4.78, 5) is 29.9. The Labute approximate surface area is 222 Å². The summed E-state index contributed by atoms with van der Waals surface area (Å²) in [5.74, 6) is 0.617. The number of pyridine rings is 1. The van der Waals surface area contributed by atoms with Crippen molar-refractivity contribution in [3.05, 3.63) is 96.2 Å². The van der Waals surface area contributed by atoms with Gasteiger partial charge in [-0.05, 0) is 66.4 Å². The zero-order valence-electron chi connectivity index (χ0n) is 21.9. The van der Waals surface area contributed by atoms with Gasteiger partial charge in [0.25, 0.3) is 5.91 Å². The lowest BCUT2D eigenvalue weighted by Gasteiger charge is -2.15. The van der Waals surface area contributed by atoms with Crippen LogP contribution in [0.4, 0.5) is 17.2 Å². The van der Waals surface area contributed by atoms with E-state index < -0.39 is 0 Å². The number of carbonyl (C=O) groups excluding carboxylic acids is 2. The van der Waals surface area contributed by atoms with Gasteiger partial charge in [-0.2, -0.15) is 0 Å². The average molecular weight is 506 g/mol. The molecule has 1 aliphatic carbocycles. The van der Waals surface area contributed by atoms with Crippen LogP contribution >= 0.6 is 0 Å². The molecule has 0 fully saturated rings. The molecule has 2 heterocycles. The highest BCUT2D eigenvalue weighted by Crippen LogP contribution is 2.32. The monoisotopic (exact) mass is 505 g/mol. The van der Waals surface area contributed by atoms with Crippen LogP contribution in [0.2, 0.25) is 0 Å². The molecule has 2 aromatic heterocycles. The van der Waals surface area contributed by atoms with Crippen LogP contribution in [-0.4, -0.2) is 40.4 Å². The molecule has 0 radical (unpaired) electrons. The molecule has 192 valence electrons. The summed E-state index contributed by atoms with van der Waals surface area (Å²) in [7, 11) is 3.52. The summed E-state index contributed by atoms with van der Waals surface area (Å²) in [5.41, 5.74) is 6.75. The number of amides is 2. The fraction of sp³-hybridized carbons (Fsp3) is 0.194. The molecule has 0 atom stereocenters. The van der Waals surface area contributed by atoms with Gasteiger partial charge in [0, 0.05) is 67.8 Å². The SMILES string of the molecule is CC(=O)Nc1ccc(Nc2cc3c(cn2)cc(-c2ccc(C(=O)N(C)C)cc2)n3CC2=CCCC=C2)cc1. The molecule has 7 heteroatoms. The van der Waals surface area contributed by atoms with Gasteiger partial charge < -0.3 is 20.1 Å². The highest BCUT2D eigenvalue weighted by atomic mass is 16.2. The normalized spacial score (nSPS) is 12.8. The van der Waals surface area contributed by atoms with E-state index in [1.807, 2.05) is 54.7 Å². The lowest BCUT2D eigenvalue weighted by molar-refractivity contribution is -0.114. The average Bonchev–Trinajstić information content (AvgIpc) is 3.27. The Kier molecular flexibility index (Phi) is 7.09. The number of aromatic nitrogens is 2. The van der Waals surface area contributed by atoms with Gasteiger partial charge in [0.05, 0.1) is 5.52 Å². The Hall–Kier alpha value is -4.65. The van der Waals surface area contributed by atoms with Gasteiger partial charge in [-0.3, -0.25) is 9.59 Å². The molecule has 2 amide bonds. The van der Waals surface area contributed by atoms with Crippen LogP contribution in [0.5, 0.6) is 0 Å². The molecule has 1 aliphatic rings. The van der Waals surface area contributed by atoms with Gasteiger partial charge in [-0.15, -0.1) is 0 Å². The van der Waals surface area contributed by atoms with Crippen molar-refractivity contribution in [2.75, 3.05) is 24.7 Å². The molecular formula is C31H31N5O2. The van der Waals surface area contributed by atoms with Crippen LogP contribution < -0.4 is 10.6 Å². The number of carbonyl (C=O) groups is 2. The van der Waals surface area contributed by atoms with Crippen LogP contribution in [0, 0.1) is 0 Å². The Morgan fingerprint density at radius 1 is 0.974 bits per heavy atom. The number of rotatable bonds is 7. The number of benzene rings is 2. The van der Waals surface area contributed by atoms with E-state index in [-0.39, 0.29) is 11.8 Å². The minimum absolute atomic E-state index is 0.0142. The predicted octanol–water partition coefficient (Wildman–Crippen LogP) is 6.38. The fourth-order valence-electron chi connectivity index (χ4n) is 4.63. The van der Waals surface area contributed by atoms with E-state index in [4.69, 9.17) is 0 Å². The van der Waals surface area contributed by atoms with E-state index >= 15 is 0 Å². The van der Waals surface area contributed by atoms with Crippen molar-refractivity contribution in [1.29, 1.82) is 0 Å². The van der Waals surface area contributed by atoms with E-state index in [1.54, 1.807) is 19.0 Å². The van der Waals surface area contributed by atoms with Crippen molar-refractivity contribution < 1.29 is 9.59 Å². The molecule has 0 aliphatic heterocycles. The molecule has 2 aromatic carbocycles. The van der Waals surface area contributed by atoms with Gasteiger partial charge in [0.1, 0.15) is 5.82 Å². The van der Waals surface area contributed by atoms with Crippen molar-refractivity contribution >= 4 is 39.9 Å². The van der Waals surface area contributed by atoms with Crippen molar-refractivity contribution in [2.24, 2.45) is 0 Å². The number of hydrogen-bond acceptors (Lipinski definition) is 4. The molecule has 0 unspecified atom stereocenters. The maximum Gasteiger partial charge on any atom is 0.253 e. The van der Waals surface area contributed by atoms with E-state index in [0.29, 0.717) is 5.56 Å². The van der Waals surface area contributed by atoms with Gasteiger partial charge in [-0.25, -0.2) is 4.98 Å². The van der Waals surface area contributed by atoms with Gasteiger partial charge in [-0.1, -0.05) is 30.4 Å². The van der Waals surface area contributed by atoms with E-state index in [0.717, 1.165) is 58.7 Å². The summed E-state index contributed by atoms with van der Waals surface area (Å²) in [5, 5.41) is 7.20. The number of allylic oxidation sites excluding steroid dienone is 4. The number of hydrogen-bond donors (Lipinski definition) is 2. The zero-order valence-corrected chi connectivity index (χ0v) is 21.9. The van der Waals surface area contributed by atoms with E-state index in [2.05, 4.69) is 50.5 Å². The number of nitrogens with one attached hydrogen (secondary N) is 2. The summed E-state index contributed by atoms with van der Waals surface area (Å²) < 4.78 is 2.31. The Morgan fingerprint density at radius 2 is 1.71 bits per heavy atom. The second-order valence-electron chi connectivity index (χ2n) is 9.66. The van der Waals surface area contributed by atoms with Crippen LogP contribution in [0.15, 0.2) is 90.7 Å². The lowest BCUT2D eigenvalue weighted by Crippen LogP contribution is -2.21. The number of anilines is 3. The van der Waals surface area contributed by atoms with Crippen LogP contribution in [0.3, 0.4) is 0 Å². The third kappa shape index (κ3) is 5.52. The minimum Gasteiger partial charge on any atom is -0.345 e. The molecular weight excluding hydrogens is 474 g/mol. The first-order valence-corrected chi connectivity index (χ1v) is 12.7. The third-order valence-corrected chi connectivity index (χ3v) is 6.51. The quantitative estimate of drug-likeness (QED) is 0.305. The summed E-state index contributed by atoms with van der Waals surface area (Å²) >= 11 is 0. The predicted molar refractivity (Wildman–Crippen MR) is 154 cm³/mol. The standard InChI is InChI=1S/C31H31N5O2/c1-21(37)33-26-13-15-27(16-14-26)34-30-18-29-25(19-32-30)17-28(36(29)20-22-7-5-4-6-8-22)23-9-11-24(12-10-23)31(38)35(2)3/h5,7-19H,4,6,20H2,1-3H3,(H,32,34)(H,33,37). The Balaban J connectivity index is 1.51. The molecule has 7 nitrogen and oxygen atoms in total. The summed E-state index contributed by atoms with van der Waals surface area (Å²) in [6, 6.07) is 19.6. The number of fused-ring (bicyclic) bond motifs is 1. The van der Waals surface area contributed by atoms with E-state index in [1.165, 1.54) is 12.5 Å². The second-order valence-corrected chi connectivity index (χ2v) is 9.66. The first-order valence-electron chi connectivity index (χ1n) is 12.7. The molecule has 38 heavy (non-hydrogen) atoms. The highest BCUT2D eigenvalue weighted by molar-refractivity contribution is 5.95. The maximum absolute atomic E-state index is 12.4. The Morgan fingerprint density at radius 3 is 2.37 bits per heavy atom. The fourth-order valence-corrected chi connectivity index (χ4v) is 4.63. The van der Waals surface area contributed by atoms with Gasteiger partial charge in [0.2, 0.25) is 5.91 Å². The lowest BCUT2D eigenvalue weighted by atomic mass is 10.1. The van der Waals surface area contributed by atoms with Gasteiger partial charge in [0.15, 0.2) is 0 Å². The Bertz CT molecular complexity index is 1540. The van der Waals surface area contributed by atoms with E-state index in [9.17, 15) is 9.59 Å². The summed E-state index contributed by atoms with van der Waals surface area (Å²) in [6.07, 6.45) is 10.7. The topological polar surface area (TPSA) is 79.3 Å². The van der Waals surface area contributed by atoms with Crippen molar-refractivity contribution in [2.45, 2.75) is 26.3 Å². The molecule has 5 rings (SSSR count). The molecule has 2 N–H and O–H groups in total. The largest absolute Gasteiger partial charge is 0.345 e. The third-order valence-electron chi connectivity index (χ3n) is 6.51. The molecule has 4 aromatic rings. The summed E-state index contributed by atoms with van der Waals surface area (Å²) in [6.45, 7) is 2.23. The van der Waals surface area contributed by atoms with Crippen molar-refractivity contribution in [3.8, 4) is 11.3 Å². The molecule has 0 saturated heterocycles. The van der Waals surface area contributed by atoms with Crippen molar-refractivity contribution in [3.63, 3.8) is 0 Å². The van der Waals surface area contributed by atoms with Crippen LogP contribution in [0.25, 0.3) is 22.2 Å². The van der Waals surface area contributed by atoms with Crippen LogP contribution in [0.1, 0.15) is 30.1 Å². The van der Waals surface area contributed by atoms with Crippen molar-refractivity contribution in [1.82, 2.24) is 14.5 Å². The first kappa shape index (κ1) is 25.0. The minimum atomic E-state index is -0.101. The smallest absolute Gasteiger partial charge is 0.253 e.